The number of hydrogen-bond acceptors (Lipinski definition) is 4. The third kappa shape index (κ3) is 4.63. The quantitative estimate of drug-likeness (QED) is 0.307. The Morgan fingerprint density at radius 2 is 1.53 bits per heavy atom. The summed E-state index contributed by atoms with van der Waals surface area (Å²) >= 11 is 18.8. The van der Waals surface area contributed by atoms with Gasteiger partial charge in [-0.3, -0.25) is 0 Å². The molecule has 1 heterocycles. The van der Waals surface area contributed by atoms with Gasteiger partial charge in [0.2, 0.25) is 5.88 Å². The zero-order valence-electron chi connectivity index (χ0n) is 17.2. The summed E-state index contributed by atoms with van der Waals surface area (Å²) in [6.07, 6.45) is 1.62. The highest BCUT2D eigenvalue weighted by Gasteiger charge is 2.21. The van der Waals surface area contributed by atoms with Crippen LogP contribution >= 0.6 is 34.8 Å². The smallest absolute Gasteiger partial charge is 0.227 e. The second kappa shape index (κ2) is 9.29. The normalized spacial score (nSPS) is 10.8. The van der Waals surface area contributed by atoms with Gasteiger partial charge in [0, 0.05) is 39.0 Å². The van der Waals surface area contributed by atoms with E-state index in [9.17, 15) is 5.11 Å². The Morgan fingerprint density at radius 3 is 2.25 bits per heavy atom. The molecule has 32 heavy (non-hydrogen) atoms. The Bertz CT molecular complexity index is 1290. The van der Waals surface area contributed by atoms with Crippen molar-refractivity contribution in [2.75, 3.05) is 0 Å². The Morgan fingerprint density at radius 1 is 0.812 bits per heavy atom. The van der Waals surface area contributed by atoms with Gasteiger partial charge in [0.15, 0.2) is 0 Å². The van der Waals surface area contributed by atoms with Crippen LogP contribution in [0.5, 0.6) is 28.9 Å². The molecule has 0 fully saturated rings. The van der Waals surface area contributed by atoms with E-state index >= 15 is 0 Å². The molecule has 0 spiro atoms. The third-order valence-corrected chi connectivity index (χ3v) is 5.75. The van der Waals surface area contributed by atoms with Crippen molar-refractivity contribution in [3.05, 3.63) is 93.1 Å². The molecule has 0 bridgehead atoms. The predicted octanol–water partition coefficient (Wildman–Crippen LogP) is 8.62. The molecule has 4 aromatic rings. The van der Waals surface area contributed by atoms with Gasteiger partial charge in [-0.1, -0.05) is 34.8 Å². The van der Waals surface area contributed by atoms with Crippen LogP contribution in [0.2, 0.25) is 15.1 Å². The van der Waals surface area contributed by atoms with Crippen LogP contribution in [0.25, 0.3) is 11.1 Å². The van der Waals surface area contributed by atoms with Gasteiger partial charge < -0.3 is 14.6 Å². The van der Waals surface area contributed by atoms with Crippen LogP contribution in [-0.4, -0.2) is 10.1 Å². The maximum atomic E-state index is 10.6. The number of aromatic hydroxyl groups is 1. The molecule has 0 aliphatic heterocycles. The van der Waals surface area contributed by atoms with E-state index in [4.69, 9.17) is 44.3 Å². The first-order valence-electron chi connectivity index (χ1n) is 9.68. The summed E-state index contributed by atoms with van der Waals surface area (Å²) in [7, 11) is 0. The minimum absolute atomic E-state index is 0.0345. The monoisotopic (exact) mass is 485 g/mol. The molecule has 7 heteroatoms. The molecule has 4 nitrogen and oxygen atoms in total. The summed E-state index contributed by atoms with van der Waals surface area (Å²) < 4.78 is 12.0. The second-order valence-corrected chi connectivity index (χ2v) is 8.38. The fourth-order valence-corrected chi connectivity index (χ4v) is 3.92. The fourth-order valence-electron chi connectivity index (χ4n) is 3.23. The largest absolute Gasteiger partial charge is 0.508 e. The summed E-state index contributed by atoms with van der Waals surface area (Å²) in [5, 5.41) is 12.2. The number of phenols is 1. The lowest BCUT2D eigenvalue weighted by Gasteiger charge is -2.18. The van der Waals surface area contributed by atoms with Crippen molar-refractivity contribution in [3.63, 3.8) is 0 Å². The zero-order valence-corrected chi connectivity index (χ0v) is 19.5. The Balaban J connectivity index is 1.80. The summed E-state index contributed by atoms with van der Waals surface area (Å²) in [6.45, 7) is 3.65. The van der Waals surface area contributed by atoms with Gasteiger partial charge in [0.1, 0.15) is 23.0 Å². The molecule has 0 radical (unpaired) electrons. The maximum Gasteiger partial charge on any atom is 0.227 e. The van der Waals surface area contributed by atoms with Gasteiger partial charge >= 0.3 is 0 Å². The van der Waals surface area contributed by atoms with Crippen molar-refractivity contribution in [3.8, 4) is 40.0 Å². The van der Waals surface area contributed by atoms with Gasteiger partial charge in [0.05, 0.1) is 5.02 Å². The van der Waals surface area contributed by atoms with Crippen LogP contribution in [0.4, 0.5) is 0 Å². The van der Waals surface area contributed by atoms with E-state index in [2.05, 4.69) is 4.98 Å². The van der Waals surface area contributed by atoms with Crippen molar-refractivity contribution < 1.29 is 14.6 Å². The number of aromatic nitrogens is 1. The maximum absolute atomic E-state index is 10.6. The number of hydrogen-bond donors (Lipinski definition) is 1. The van der Waals surface area contributed by atoms with Crippen molar-refractivity contribution >= 4 is 34.8 Å². The molecule has 0 saturated heterocycles. The van der Waals surface area contributed by atoms with E-state index < -0.39 is 0 Å². The lowest BCUT2D eigenvalue weighted by molar-refractivity contribution is 0.451. The molecule has 0 aliphatic carbocycles. The first-order valence-corrected chi connectivity index (χ1v) is 10.8. The minimum Gasteiger partial charge on any atom is -0.508 e. The summed E-state index contributed by atoms with van der Waals surface area (Å²) in [6, 6.07) is 17.3. The van der Waals surface area contributed by atoms with Crippen LogP contribution in [0.1, 0.15) is 11.1 Å². The fraction of sp³-hybridized carbons (Fsp3) is 0.0800. The Hall–Kier alpha value is -2.92. The van der Waals surface area contributed by atoms with Crippen molar-refractivity contribution in [2.24, 2.45) is 0 Å². The predicted molar refractivity (Wildman–Crippen MR) is 129 cm³/mol. The van der Waals surface area contributed by atoms with E-state index in [1.807, 2.05) is 13.0 Å². The van der Waals surface area contributed by atoms with E-state index in [-0.39, 0.29) is 5.75 Å². The molecule has 0 unspecified atom stereocenters. The SMILES string of the molecule is Cc1cc(Cl)ccc1Oc1cc(O)c(C)c(-c2cccnc2Oc2ccc(Cl)cc2)c1Cl. The molecule has 0 aliphatic rings. The summed E-state index contributed by atoms with van der Waals surface area (Å²) in [4.78, 5) is 4.37. The van der Waals surface area contributed by atoms with Gasteiger partial charge in [-0.2, -0.15) is 0 Å². The molecule has 4 rings (SSSR count). The van der Waals surface area contributed by atoms with Gasteiger partial charge in [-0.15, -0.1) is 0 Å². The molecule has 1 aromatic heterocycles. The Kier molecular flexibility index (Phi) is 6.47. The topological polar surface area (TPSA) is 51.6 Å². The number of rotatable bonds is 5. The minimum atomic E-state index is 0.0345. The molecule has 1 N–H and O–H groups in total. The number of phenolic OH excluding ortho intramolecular Hbond substituents is 1. The average molecular weight is 487 g/mol. The lowest BCUT2D eigenvalue weighted by Crippen LogP contribution is -1.96. The van der Waals surface area contributed by atoms with Crippen LogP contribution in [0.3, 0.4) is 0 Å². The number of ether oxygens (including phenoxy) is 2. The van der Waals surface area contributed by atoms with E-state index in [0.29, 0.717) is 54.9 Å². The zero-order chi connectivity index (χ0) is 22.8. The lowest BCUT2D eigenvalue weighted by atomic mass is 10.00. The van der Waals surface area contributed by atoms with Crippen molar-refractivity contribution in [1.82, 2.24) is 4.98 Å². The Labute approximate surface area is 200 Å². The van der Waals surface area contributed by atoms with E-state index in [0.717, 1.165) is 5.56 Å². The molecule has 3 aromatic carbocycles. The van der Waals surface area contributed by atoms with E-state index in [1.54, 1.807) is 61.7 Å². The standard InChI is InChI=1S/C25H18Cl3NO3/c1-14-12-17(27)7-10-21(14)32-22-13-20(30)15(2)23(24(22)28)19-4-3-11-29-25(19)31-18-8-5-16(26)6-9-18/h3-13,30H,1-2H3. The van der Waals surface area contributed by atoms with Gasteiger partial charge in [-0.05, 0) is 74.0 Å². The molecule has 162 valence electrons. The summed E-state index contributed by atoms with van der Waals surface area (Å²) in [5.74, 6) is 1.81. The number of halogens is 3. The number of aryl methyl sites for hydroxylation is 1. The molecular weight excluding hydrogens is 469 g/mol. The highest BCUT2D eigenvalue weighted by atomic mass is 35.5. The van der Waals surface area contributed by atoms with Crippen LogP contribution < -0.4 is 9.47 Å². The molecule has 0 amide bonds. The average Bonchev–Trinajstić information content (AvgIpc) is 2.76. The van der Waals surface area contributed by atoms with Gasteiger partial charge in [0.25, 0.3) is 0 Å². The van der Waals surface area contributed by atoms with E-state index in [1.165, 1.54) is 6.07 Å². The molecular formula is C25H18Cl3NO3. The first kappa shape index (κ1) is 22.3. The third-order valence-electron chi connectivity index (χ3n) is 4.89. The van der Waals surface area contributed by atoms with Crippen molar-refractivity contribution in [1.29, 1.82) is 0 Å². The summed E-state index contributed by atoms with van der Waals surface area (Å²) in [5.41, 5.74) is 2.58. The first-order chi connectivity index (χ1) is 15.3. The number of pyridine rings is 1. The molecule has 0 atom stereocenters. The number of nitrogens with zero attached hydrogens (tertiary/aromatic N) is 1. The second-order valence-electron chi connectivity index (χ2n) is 7.13. The number of benzene rings is 3. The van der Waals surface area contributed by atoms with Crippen LogP contribution in [-0.2, 0) is 0 Å². The van der Waals surface area contributed by atoms with Crippen molar-refractivity contribution in [2.45, 2.75) is 13.8 Å². The van der Waals surface area contributed by atoms with Crippen LogP contribution in [0, 0.1) is 13.8 Å². The highest BCUT2D eigenvalue weighted by Crippen LogP contribution is 2.46. The molecule has 0 saturated carbocycles. The highest BCUT2D eigenvalue weighted by molar-refractivity contribution is 6.35. The van der Waals surface area contributed by atoms with Crippen LogP contribution in [0.15, 0.2) is 66.9 Å². The van der Waals surface area contributed by atoms with Gasteiger partial charge in [-0.25, -0.2) is 4.98 Å².